The number of esters is 1. The monoisotopic (exact) mass is 311 g/mol. The summed E-state index contributed by atoms with van der Waals surface area (Å²) in [5.41, 5.74) is 0.971. The predicted molar refractivity (Wildman–Crippen MR) is 73.0 cm³/mol. The van der Waals surface area contributed by atoms with Gasteiger partial charge in [-0.3, -0.25) is 4.72 Å². The van der Waals surface area contributed by atoms with Crippen LogP contribution in [0.5, 0.6) is 0 Å². The van der Waals surface area contributed by atoms with Gasteiger partial charge in [0.2, 0.25) is 10.0 Å². The summed E-state index contributed by atoms with van der Waals surface area (Å²) in [4.78, 5) is 12.6. The van der Waals surface area contributed by atoms with Crippen molar-refractivity contribution in [2.24, 2.45) is 0 Å². The summed E-state index contributed by atoms with van der Waals surface area (Å²) < 4.78 is 30.1. The fourth-order valence-corrected chi connectivity index (χ4v) is 3.37. The minimum Gasteiger partial charge on any atom is -0.462 e. The van der Waals surface area contributed by atoms with Crippen LogP contribution >= 0.6 is 22.9 Å². The lowest BCUT2D eigenvalue weighted by Crippen LogP contribution is -2.15. The molecule has 0 bridgehead atoms. The van der Waals surface area contributed by atoms with Crippen molar-refractivity contribution >= 4 is 43.9 Å². The molecular weight excluding hydrogens is 298 g/mol. The molecule has 0 unspecified atom stereocenters. The zero-order valence-electron chi connectivity index (χ0n) is 10.2. The molecule has 0 amide bonds. The van der Waals surface area contributed by atoms with E-state index in [1.807, 2.05) is 0 Å². The van der Waals surface area contributed by atoms with Gasteiger partial charge in [0.15, 0.2) is 0 Å². The van der Waals surface area contributed by atoms with Gasteiger partial charge in [0.1, 0.15) is 10.2 Å². The topological polar surface area (TPSA) is 72.5 Å². The number of alkyl halides is 1. The van der Waals surface area contributed by atoms with E-state index in [-0.39, 0.29) is 17.2 Å². The molecule has 0 saturated heterocycles. The molecule has 1 heterocycles. The summed E-state index contributed by atoms with van der Waals surface area (Å²) in [5, 5.41) is -0.310. The Bertz CT molecular complexity index is 550. The number of nitrogens with one attached hydrogen (secondary N) is 1. The number of hydrogen-bond donors (Lipinski definition) is 1. The first-order valence-corrected chi connectivity index (χ1v) is 8.16. The molecule has 1 N–H and O–H groups in total. The molecule has 0 atom stereocenters. The summed E-state index contributed by atoms with van der Waals surface area (Å²) in [6.07, 6.45) is 0. The highest BCUT2D eigenvalue weighted by Gasteiger charge is 2.23. The van der Waals surface area contributed by atoms with Crippen LogP contribution in [0.15, 0.2) is 0 Å². The number of sulfonamides is 1. The largest absolute Gasteiger partial charge is 0.462 e. The number of rotatable bonds is 5. The van der Waals surface area contributed by atoms with Crippen LogP contribution in [-0.2, 0) is 14.8 Å². The van der Waals surface area contributed by atoms with Crippen molar-refractivity contribution in [3.05, 3.63) is 16.0 Å². The molecule has 0 spiro atoms. The Morgan fingerprint density at radius 2 is 2.06 bits per heavy atom. The standard InChI is InChI=1S/C10H14ClNO4S2/c1-4-16-10(13)8-6(2)7(3)17-9(8)12-18(14,15)5-11/h12H,4-5H2,1-3H3. The van der Waals surface area contributed by atoms with Crippen molar-refractivity contribution in [2.75, 3.05) is 16.5 Å². The van der Waals surface area contributed by atoms with E-state index in [2.05, 4.69) is 4.72 Å². The summed E-state index contributed by atoms with van der Waals surface area (Å²) in [7, 11) is -3.63. The Morgan fingerprint density at radius 1 is 1.44 bits per heavy atom. The number of aryl methyl sites for hydroxylation is 1. The van der Waals surface area contributed by atoms with Crippen molar-refractivity contribution in [3.8, 4) is 0 Å². The average molecular weight is 312 g/mol. The van der Waals surface area contributed by atoms with Gasteiger partial charge in [0.25, 0.3) is 0 Å². The van der Waals surface area contributed by atoms with E-state index in [0.29, 0.717) is 5.56 Å². The van der Waals surface area contributed by atoms with Gasteiger partial charge >= 0.3 is 5.97 Å². The van der Waals surface area contributed by atoms with Crippen molar-refractivity contribution in [1.29, 1.82) is 0 Å². The molecule has 1 aromatic heterocycles. The number of hydrogen-bond acceptors (Lipinski definition) is 5. The summed E-state index contributed by atoms with van der Waals surface area (Å²) in [6.45, 7) is 5.47. The zero-order valence-corrected chi connectivity index (χ0v) is 12.6. The fourth-order valence-electron chi connectivity index (χ4n) is 1.32. The van der Waals surface area contributed by atoms with Crippen LogP contribution in [0.4, 0.5) is 5.00 Å². The van der Waals surface area contributed by atoms with E-state index in [1.165, 1.54) is 11.3 Å². The van der Waals surface area contributed by atoms with Gasteiger partial charge in [-0.05, 0) is 26.3 Å². The van der Waals surface area contributed by atoms with Crippen LogP contribution in [0.2, 0.25) is 0 Å². The summed E-state index contributed by atoms with van der Waals surface area (Å²) >= 11 is 6.51. The van der Waals surface area contributed by atoms with Crippen LogP contribution in [0, 0.1) is 13.8 Å². The second-order valence-corrected chi connectivity index (χ2v) is 7.06. The molecule has 0 saturated carbocycles. The SMILES string of the molecule is CCOC(=O)c1c(NS(=O)(=O)CCl)sc(C)c1C. The van der Waals surface area contributed by atoms with Gasteiger partial charge in [-0.1, -0.05) is 0 Å². The molecule has 1 aromatic rings. The highest BCUT2D eigenvalue weighted by molar-refractivity contribution is 7.94. The van der Waals surface area contributed by atoms with Crippen LogP contribution in [0.1, 0.15) is 27.7 Å². The maximum absolute atomic E-state index is 11.8. The number of halogens is 1. The second-order valence-electron chi connectivity index (χ2n) is 3.53. The van der Waals surface area contributed by atoms with Gasteiger partial charge < -0.3 is 4.74 Å². The highest BCUT2D eigenvalue weighted by atomic mass is 35.5. The first-order chi connectivity index (χ1) is 8.32. The predicted octanol–water partition coefficient (Wildman–Crippen LogP) is 2.48. The van der Waals surface area contributed by atoms with Crippen molar-refractivity contribution < 1.29 is 17.9 Å². The molecule has 0 radical (unpaired) electrons. The number of anilines is 1. The van der Waals surface area contributed by atoms with E-state index < -0.39 is 21.2 Å². The lowest BCUT2D eigenvalue weighted by Gasteiger charge is -2.06. The van der Waals surface area contributed by atoms with Crippen molar-refractivity contribution in [1.82, 2.24) is 0 Å². The van der Waals surface area contributed by atoms with Gasteiger partial charge in [-0.2, -0.15) is 0 Å². The van der Waals surface area contributed by atoms with Gasteiger partial charge in [-0.25, -0.2) is 13.2 Å². The third kappa shape index (κ3) is 3.37. The molecule has 0 aromatic carbocycles. The Hall–Kier alpha value is -0.790. The maximum atomic E-state index is 11.8. The van der Waals surface area contributed by atoms with E-state index in [4.69, 9.17) is 16.3 Å². The number of thiophene rings is 1. The van der Waals surface area contributed by atoms with Crippen LogP contribution < -0.4 is 4.72 Å². The fraction of sp³-hybridized carbons (Fsp3) is 0.500. The lowest BCUT2D eigenvalue weighted by atomic mass is 10.2. The van der Waals surface area contributed by atoms with Gasteiger partial charge in [0, 0.05) is 4.88 Å². The smallest absolute Gasteiger partial charge is 0.341 e. The highest BCUT2D eigenvalue weighted by Crippen LogP contribution is 2.33. The minimum atomic E-state index is -3.63. The first-order valence-electron chi connectivity index (χ1n) is 5.16. The number of carbonyl (C=O) groups is 1. The average Bonchev–Trinajstić information content (AvgIpc) is 2.54. The Morgan fingerprint density at radius 3 is 2.56 bits per heavy atom. The third-order valence-electron chi connectivity index (χ3n) is 2.26. The maximum Gasteiger partial charge on any atom is 0.341 e. The Kier molecular flexibility index (Phi) is 5.01. The molecule has 18 heavy (non-hydrogen) atoms. The van der Waals surface area contributed by atoms with Crippen LogP contribution in [-0.4, -0.2) is 26.2 Å². The summed E-state index contributed by atoms with van der Waals surface area (Å²) in [6, 6.07) is 0. The molecule has 8 heteroatoms. The molecule has 0 aliphatic carbocycles. The molecule has 0 fully saturated rings. The van der Waals surface area contributed by atoms with Gasteiger partial charge in [-0.15, -0.1) is 22.9 Å². The Balaban J connectivity index is 3.20. The molecule has 1 rings (SSSR count). The van der Waals surface area contributed by atoms with E-state index in [1.54, 1.807) is 20.8 Å². The van der Waals surface area contributed by atoms with E-state index >= 15 is 0 Å². The Labute approximate surface area is 115 Å². The number of ether oxygens (including phenoxy) is 1. The number of carbonyl (C=O) groups excluding carboxylic acids is 1. The first kappa shape index (κ1) is 15.3. The van der Waals surface area contributed by atoms with Crippen LogP contribution in [0.3, 0.4) is 0 Å². The van der Waals surface area contributed by atoms with Crippen molar-refractivity contribution in [3.63, 3.8) is 0 Å². The van der Waals surface area contributed by atoms with E-state index in [9.17, 15) is 13.2 Å². The van der Waals surface area contributed by atoms with Crippen molar-refractivity contribution in [2.45, 2.75) is 20.8 Å². The lowest BCUT2D eigenvalue weighted by molar-refractivity contribution is 0.0527. The molecule has 0 aliphatic rings. The van der Waals surface area contributed by atoms with Gasteiger partial charge in [0.05, 0.1) is 12.2 Å². The van der Waals surface area contributed by atoms with Crippen LogP contribution in [0.25, 0.3) is 0 Å². The molecule has 102 valence electrons. The third-order valence-corrected chi connectivity index (χ3v) is 5.17. The molecule has 0 aliphatic heterocycles. The molecular formula is C10H14ClNO4S2. The quantitative estimate of drug-likeness (QED) is 0.670. The normalized spacial score (nSPS) is 11.3. The van der Waals surface area contributed by atoms with E-state index in [0.717, 1.165) is 4.88 Å². The molecule has 5 nitrogen and oxygen atoms in total. The second kappa shape index (κ2) is 5.90. The minimum absolute atomic E-state index is 0.231. The summed E-state index contributed by atoms with van der Waals surface area (Å²) in [5.74, 6) is -0.536. The zero-order chi connectivity index (χ0) is 13.9.